The molecule has 126 valence electrons. The molecule has 2 heteroatoms. The Labute approximate surface area is 149 Å². The zero-order chi connectivity index (χ0) is 17.6. The number of amides is 1. The molecule has 25 heavy (non-hydrogen) atoms. The third kappa shape index (κ3) is 4.36. The Morgan fingerprint density at radius 1 is 0.840 bits per heavy atom. The molecule has 0 unspecified atom stereocenters. The lowest BCUT2D eigenvalue weighted by Gasteiger charge is -2.18. The normalized spacial score (nSPS) is 10.7. The summed E-state index contributed by atoms with van der Waals surface area (Å²) in [5, 5.41) is 3.08. The van der Waals surface area contributed by atoms with Gasteiger partial charge in [-0.05, 0) is 42.2 Å². The molecule has 0 spiro atoms. The van der Waals surface area contributed by atoms with Crippen LogP contribution in [-0.2, 0) is 4.79 Å². The van der Waals surface area contributed by atoms with Crippen molar-refractivity contribution < 1.29 is 4.79 Å². The van der Waals surface area contributed by atoms with Crippen LogP contribution < -0.4 is 5.32 Å². The summed E-state index contributed by atoms with van der Waals surface area (Å²) in [5.41, 5.74) is 5.43. The molecule has 3 rings (SSSR count). The van der Waals surface area contributed by atoms with Crippen molar-refractivity contribution in [2.75, 3.05) is 5.32 Å². The van der Waals surface area contributed by atoms with E-state index in [0.29, 0.717) is 6.42 Å². The lowest BCUT2D eigenvalue weighted by Crippen LogP contribution is -2.17. The van der Waals surface area contributed by atoms with E-state index in [9.17, 15) is 4.79 Å². The van der Waals surface area contributed by atoms with Gasteiger partial charge < -0.3 is 5.32 Å². The molecular weight excluding hydrogens is 306 g/mol. The van der Waals surface area contributed by atoms with E-state index in [2.05, 4.69) is 35.6 Å². The highest BCUT2D eigenvalue weighted by Crippen LogP contribution is 2.28. The minimum absolute atomic E-state index is 0.0337. The van der Waals surface area contributed by atoms with Crippen LogP contribution in [0.5, 0.6) is 0 Å². The topological polar surface area (TPSA) is 29.1 Å². The van der Waals surface area contributed by atoms with Gasteiger partial charge in [0.15, 0.2) is 0 Å². The molecule has 0 aromatic heterocycles. The maximum absolute atomic E-state index is 12.7. The highest BCUT2D eigenvalue weighted by molar-refractivity contribution is 5.92. The summed E-state index contributed by atoms with van der Waals surface area (Å²) < 4.78 is 0. The maximum atomic E-state index is 12.7. The Hall–Kier alpha value is -2.87. The second-order valence-electron chi connectivity index (χ2n) is 6.44. The molecule has 0 saturated carbocycles. The molecule has 0 heterocycles. The lowest BCUT2D eigenvalue weighted by atomic mass is 9.88. The van der Waals surface area contributed by atoms with Crippen molar-refractivity contribution >= 4 is 11.6 Å². The Morgan fingerprint density at radius 2 is 1.40 bits per heavy atom. The van der Waals surface area contributed by atoms with E-state index < -0.39 is 0 Å². The average Bonchev–Trinajstić information content (AvgIpc) is 2.64. The summed E-state index contributed by atoms with van der Waals surface area (Å²) in [6.07, 6.45) is 0.418. The van der Waals surface area contributed by atoms with Crippen molar-refractivity contribution in [2.24, 2.45) is 0 Å². The minimum Gasteiger partial charge on any atom is -0.326 e. The van der Waals surface area contributed by atoms with Crippen molar-refractivity contribution in [3.05, 3.63) is 101 Å². The van der Waals surface area contributed by atoms with Crippen LogP contribution in [0.3, 0.4) is 0 Å². The first-order valence-electron chi connectivity index (χ1n) is 8.60. The lowest BCUT2D eigenvalue weighted by molar-refractivity contribution is -0.116. The van der Waals surface area contributed by atoms with Gasteiger partial charge in [0.2, 0.25) is 5.91 Å². The largest absolute Gasteiger partial charge is 0.326 e. The highest BCUT2D eigenvalue weighted by Gasteiger charge is 2.18. The molecule has 0 atom stereocenters. The Balaban J connectivity index is 1.83. The molecule has 1 N–H and O–H groups in total. The van der Waals surface area contributed by atoms with Crippen LogP contribution in [0, 0.1) is 13.8 Å². The molecule has 0 saturated heterocycles. The van der Waals surface area contributed by atoms with Crippen LogP contribution >= 0.6 is 0 Å². The third-order valence-corrected chi connectivity index (χ3v) is 4.46. The quantitative estimate of drug-likeness (QED) is 0.661. The fourth-order valence-electron chi connectivity index (χ4n) is 3.06. The predicted octanol–water partition coefficient (Wildman–Crippen LogP) is 5.46. The summed E-state index contributed by atoms with van der Waals surface area (Å²) >= 11 is 0. The van der Waals surface area contributed by atoms with E-state index in [-0.39, 0.29) is 11.8 Å². The van der Waals surface area contributed by atoms with Gasteiger partial charge in [-0.15, -0.1) is 0 Å². The first-order chi connectivity index (χ1) is 12.1. The molecule has 2 nitrogen and oxygen atoms in total. The van der Waals surface area contributed by atoms with Crippen LogP contribution in [0.1, 0.15) is 34.6 Å². The summed E-state index contributed by atoms with van der Waals surface area (Å²) in [7, 11) is 0. The molecule has 0 fully saturated rings. The SMILES string of the molecule is Cc1ccc(C)c(NC(=O)CC(c2ccccc2)c2ccccc2)c1. The van der Waals surface area contributed by atoms with Crippen molar-refractivity contribution in [2.45, 2.75) is 26.2 Å². The van der Waals surface area contributed by atoms with Gasteiger partial charge in [-0.2, -0.15) is 0 Å². The molecule has 0 aliphatic heterocycles. The van der Waals surface area contributed by atoms with Crippen LogP contribution in [0.15, 0.2) is 78.9 Å². The fourth-order valence-corrected chi connectivity index (χ4v) is 3.06. The number of anilines is 1. The Kier molecular flexibility index (Phi) is 5.30. The Bertz CT molecular complexity index is 801. The van der Waals surface area contributed by atoms with E-state index in [1.807, 2.05) is 62.4 Å². The first-order valence-corrected chi connectivity index (χ1v) is 8.60. The number of hydrogen-bond donors (Lipinski definition) is 1. The average molecular weight is 329 g/mol. The molecule has 0 aliphatic rings. The van der Waals surface area contributed by atoms with E-state index in [1.54, 1.807) is 0 Å². The molecule has 0 bridgehead atoms. The minimum atomic E-state index is 0.0337. The zero-order valence-electron chi connectivity index (χ0n) is 14.7. The number of benzene rings is 3. The molecule has 1 amide bonds. The van der Waals surface area contributed by atoms with Crippen molar-refractivity contribution in [3.63, 3.8) is 0 Å². The van der Waals surface area contributed by atoms with Gasteiger partial charge in [0.1, 0.15) is 0 Å². The smallest absolute Gasteiger partial charge is 0.225 e. The van der Waals surface area contributed by atoms with Gasteiger partial charge in [0, 0.05) is 18.0 Å². The van der Waals surface area contributed by atoms with Gasteiger partial charge in [-0.3, -0.25) is 4.79 Å². The van der Waals surface area contributed by atoms with Gasteiger partial charge in [-0.25, -0.2) is 0 Å². The van der Waals surface area contributed by atoms with Crippen LogP contribution in [0.25, 0.3) is 0 Å². The van der Waals surface area contributed by atoms with E-state index in [0.717, 1.165) is 27.9 Å². The molecular formula is C23H23NO. The summed E-state index contributed by atoms with van der Waals surface area (Å²) in [4.78, 5) is 12.7. The van der Waals surface area contributed by atoms with Crippen molar-refractivity contribution in [1.29, 1.82) is 0 Å². The van der Waals surface area contributed by atoms with E-state index in [1.165, 1.54) is 0 Å². The number of carbonyl (C=O) groups excluding carboxylic acids is 1. The van der Waals surface area contributed by atoms with Crippen molar-refractivity contribution in [1.82, 2.24) is 0 Å². The van der Waals surface area contributed by atoms with Gasteiger partial charge in [0.05, 0.1) is 0 Å². The van der Waals surface area contributed by atoms with E-state index >= 15 is 0 Å². The Morgan fingerprint density at radius 3 is 1.96 bits per heavy atom. The molecule has 3 aromatic rings. The summed E-state index contributed by atoms with van der Waals surface area (Å²) in [6, 6.07) is 26.6. The van der Waals surface area contributed by atoms with Crippen LogP contribution in [-0.4, -0.2) is 5.91 Å². The standard InChI is InChI=1S/C23H23NO/c1-17-13-14-18(2)22(15-17)24-23(25)16-21(19-9-5-3-6-10-19)20-11-7-4-8-12-20/h3-15,21H,16H2,1-2H3,(H,24,25). The second-order valence-corrected chi connectivity index (χ2v) is 6.44. The van der Waals surface area contributed by atoms with E-state index in [4.69, 9.17) is 0 Å². The molecule has 3 aromatic carbocycles. The number of hydrogen-bond acceptors (Lipinski definition) is 1. The molecule has 0 aliphatic carbocycles. The maximum Gasteiger partial charge on any atom is 0.225 e. The van der Waals surface area contributed by atoms with Crippen molar-refractivity contribution in [3.8, 4) is 0 Å². The van der Waals surface area contributed by atoms with Crippen LogP contribution in [0.2, 0.25) is 0 Å². The van der Waals surface area contributed by atoms with Gasteiger partial charge in [-0.1, -0.05) is 72.8 Å². The number of carbonyl (C=O) groups is 1. The monoisotopic (exact) mass is 329 g/mol. The molecule has 0 radical (unpaired) electrons. The number of rotatable bonds is 5. The van der Waals surface area contributed by atoms with Gasteiger partial charge in [0.25, 0.3) is 0 Å². The second kappa shape index (κ2) is 7.80. The zero-order valence-corrected chi connectivity index (χ0v) is 14.7. The number of aryl methyl sites for hydroxylation is 2. The third-order valence-electron chi connectivity index (χ3n) is 4.46. The number of nitrogens with one attached hydrogen (secondary N) is 1. The summed E-state index contributed by atoms with van der Waals surface area (Å²) in [5.74, 6) is 0.0823. The highest BCUT2D eigenvalue weighted by atomic mass is 16.1. The first kappa shape index (κ1) is 17.0. The predicted molar refractivity (Wildman–Crippen MR) is 104 cm³/mol. The van der Waals surface area contributed by atoms with Gasteiger partial charge >= 0.3 is 0 Å². The fraction of sp³-hybridized carbons (Fsp3) is 0.174. The summed E-state index contributed by atoms with van der Waals surface area (Å²) in [6.45, 7) is 4.05. The van der Waals surface area contributed by atoms with Crippen LogP contribution in [0.4, 0.5) is 5.69 Å².